The number of hydrogen-bond acceptors (Lipinski definition) is 3. The van der Waals surface area contributed by atoms with E-state index in [9.17, 15) is 8.42 Å². The first kappa shape index (κ1) is 14.9. The van der Waals surface area contributed by atoms with Crippen molar-refractivity contribution in [3.63, 3.8) is 0 Å². The van der Waals surface area contributed by atoms with Crippen molar-refractivity contribution in [2.45, 2.75) is 18.7 Å². The topological polar surface area (TPSA) is 72.2 Å². The van der Waals surface area contributed by atoms with Crippen LogP contribution in [-0.2, 0) is 10.0 Å². The van der Waals surface area contributed by atoms with Crippen LogP contribution in [-0.4, -0.2) is 8.42 Å². The van der Waals surface area contributed by atoms with E-state index in [2.05, 4.69) is 20.7 Å². The molecule has 4 nitrogen and oxygen atoms in total. The quantitative estimate of drug-likeness (QED) is 0.829. The van der Waals surface area contributed by atoms with Crippen LogP contribution in [0.1, 0.15) is 11.1 Å². The van der Waals surface area contributed by atoms with Gasteiger partial charge in [0.05, 0.1) is 5.69 Å². The Kier molecular flexibility index (Phi) is 4.06. The highest BCUT2D eigenvalue weighted by atomic mass is 79.9. The third kappa shape index (κ3) is 3.13. The number of nitrogens with one attached hydrogen (secondary N) is 1. The summed E-state index contributed by atoms with van der Waals surface area (Å²) in [5.41, 5.74) is 8.46. The smallest absolute Gasteiger partial charge is 0.263 e. The highest BCUT2D eigenvalue weighted by Gasteiger charge is 2.17. The fraction of sp³-hybridized carbons (Fsp3) is 0.143. The summed E-state index contributed by atoms with van der Waals surface area (Å²) in [7, 11) is -3.69. The molecule has 2 aromatic carbocycles. The Morgan fingerprint density at radius 3 is 2.40 bits per heavy atom. The van der Waals surface area contributed by atoms with E-state index in [4.69, 9.17) is 5.73 Å². The average molecular weight is 355 g/mol. The molecule has 0 atom stereocenters. The highest BCUT2D eigenvalue weighted by molar-refractivity contribution is 9.10. The summed E-state index contributed by atoms with van der Waals surface area (Å²) in [5.74, 6) is 0. The van der Waals surface area contributed by atoms with Crippen LogP contribution in [0.5, 0.6) is 0 Å². The molecule has 0 spiro atoms. The van der Waals surface area contributed by atoms with Gasteiger partial charge in [0, 0.05) is 10.2 Å². The van der Waals surface area contributed by atoms with Gasteiger partial charge in [-0.2, -0.15) is 0 Å². The predicted molar refractivity (Wildman–Crippen MR) is 85.3 cm³/mol. The van der Waals surface area contributed by atoms with E-state index in [1.807, 2.05) is 19.9 Å². The Labute approximate surface area is 127 Å². The third-order valence-electron chi connectivity index (χ3n) is 2.88. The molecule has 6 heteroatoms. The van der Waals surface area contributed by atoms with Crippen LogP contribution in [0.25, 0.3) is 0 Å². The summed E-state index contributed by atoms with van der Waals surface area (Å²) in [6.07, 6.45) is 0. The molecule has 0 unspecified atom stereocenters. The minimum absolute atomic E-state index is 0.0831. The van der Waals surface area contributed by atoms with Crippen molar-refractivity contribution >= 4 is 37.3 Å². The molecule has 0 aromatic heterocycles. The van der Waals surface area contributed by atoms with Crippen LogP contribution < -0.4 is 10.5 Å². The van der Waals surface area contributed by atoms with E-state index in [1.165, 1.54) is 6.07 Å². The zero-order valence-corrected chi connectivity index (χ0v) is 13.5. The molecule has 0 amide bonds. The lowest BCUT2D eigenvalue weighted by molar-refractivity contribution is 0.601. The molecule has 0 aliphatic heterocycles. The van der Waals surface area contributed by atoms with Crippen LogP contribution in [0.3, 0.4) is 0 Å². The van der Waals surface area contributed by atoms with E-state index in [0.717, 1.165) is 15.6 Å². The van der Waals surface area contributed by atoms with Crippen molar-refractivity contribution in [2.24, 2.45) is 0 Å². The summed E-state index contributed by atoms with van der Waals surface area (Å²) >= 11 is 3.37. The first-order chi connectivity index (χ1) is 9.29. The monoisotopic (exact) mass is 354 g/mol. The molecule has 0 aliphatic rings. The van der Waals surface area contributed by atoms with Gasteiger partial charge in [-0.05, 0) is 49.2 Å². The summed E-state index contributed by atoms with van der Waals surface area (Å²) in [6, 6.07) is 10.1. The lowest BCUT2D eigenvalue weighted by atomic mass is 10.2. The maximum atomic E-state index is 12.3. The number of sulfonamides is 1. The van der Waals surface area contributed by atoms with Gasteiger partial charge in [0.2, 0.25) is 0 Å². The van der Waals surface area contributed by atoms with Gasteiger partial charge in [-0.3, -0.25) is 4.72 Å². The maximum Gasteiger partial charge on any atom is 0.263 e. The van der Waals surface area contributed by atoms with Crippen molar-refractivity contribution in [3.05, 3.63) is 52.0 Å². The van der Waals surface area contributed by atoms with Gasteiger partial charge in [0.15, 0.2) is 0 Å². The summed E-state index contributed by atoms with van der Waals surface area (Å²) in [4.78, 5) is 0.0831. The number of aryl methyl sites for hydroxylation is 2. The summed E-state index contributed by atoms with van der Waals surface area (Å²) in [5, 5.41) is 0. The Morgan fingerprint density at radius 1 is 1.10 bits per heavy atom. The minimum Gasteiger partial charge on any atom is -0.398 e. The van der Waals surface area contributed by atoms with E-state index >= 15 is 0 Å². The fourth-order valence-corrected chi connectivity index (χ4v) is 3.32. The van der Waals surface area contributed by atoms with Gasteiger partial charge >= 0.3 is 0 Å². The van der Waals surface area contributed by atoms with Crippen molar-refractivity contribution in [1.29, 1.82) is 0 Å². The Balaban J connectivity index is 2.38. The Hall–Kier alpha value is -1.53. The number of benzene rings is 2. The minimum atomic E-state index is -3.69. The van der Waals surface area contributed by atoms with Crippen LogP contribution in [0.2, 0.25) is 0 Å². The second-order valence-electron chi connectivity index (χ2n) is 4.61. The molecule has 2 aromatic rings. The molecule has 20 heavy (non-hydrogen) atoms. The maximum absolute atomic E-state index is 12.3. The van der Waals surface area contributed by atoms with Crippen molar-refractivity contribution in [1.82, 2.24) is 0 Å². The molecule has 0 heterocycles. The first-order valence-electron chi connectivity index (χ1n) is 5.95. The highest BCUT2D eigenvalue weighted by Crippen LogP contribution is 2.25. The number of anilines is 2. The van der Waals surface area contributed by atoms with Gasteiger partial charge in [-0.15, -0.1) is 0 Å². The van der Waals surface area contributed by atoms with Gasteiger partial charge < -0.3 is 5.73 Å². The van der Waals surface area contributed by atoms with Gasteiger partial charge in [0.25, 0.3) is 10.0 Å². The number of nitrogens with two attached hydrogens (primary N) is 1. The molecule has 106 valence electrons. The average Bonchev–Trinajstić information content (AvgIpc) is 2.33. The SMILES string of the molecule is Cc1ccc(S(=O)(=O)Nc2ccc(C)c(Br)c2)c(N)c1. The third-order valence-corrected chi connectivity index (χ3v) is 5.19. The standard InChI is InChI=1S/C14H15BrN2O2S/c1-9-3-6-14(13(16)7-9)20(18,19)17-11-5-4-10(2)12(15)8-11/h3-8,17H,16H2,1-2H3. The molecular weight excluding hydrogens is 340 g/mol. The summed E-state index contributed by atoms with van der Waals surface area (Å²) < 4.78 is 28.0. The van der Waals surface area contributed by atoms with E-state index in [0.29, 0.717) is 5.69 Å². The molecule has 0 aliphatic carbocycles. The zero-order chi connectivity index (χ0) is 14.9. The van der Waals surface area contributed by atoms with Crippen molar-refractivity contribution in [3.8, 4) is 0 Å². The fourth-order valence-electron chi connectivity index (χ4n) is 1.78. The molecule has 0 bridgehead atoms. The van der Waals surface area contributed by atoms with E-state index in [1.54, 1.807) is 24.3 Å². The van der Waals surface area contributed by atoms with Gasteiger partial charge in [0.1, 0.15) is 4.90 Å². The molecule has 3 N–H and O–H groups in total. The zero-order valence-electron chi connectivity index (χ0n) is 11.1. The van der Waals surface area contributed by atoms with Crippen LogP contribution in [0, 0.1) is 13.8 Å². The number of halogens is 1. The van der Waals surface area contributed by atoms with Gasteiger partial charge in [-0.25, -0.2) is 8.42 Å². The molecule has 0 saturated carbocycles. The number of nitrogen functional groups attached to an aromatic ring is 1. The Morgan fingerprint density at radius 2 is 1.80 bits per heavy atom. The van der Waals surface area contributed by atoms with Crippen LogP contribution in [0.15, 0.2) is 45.8 Å². The molecule has 2 rings (SSSR count). The number of hydrogen-bond donors (Lipinski definition) is 2. The molecule has 0 saturated heterocycles. The van der Waals surface area contributed by atoms with E-state index in [-0.39, 0.29) is 10.6 Å². The van der Waals surface area contributed by atoms with Crippen LogP contribution >= 0.6 is 15.9 Å². The largest absolute Gasteiger partial charge is 0.398 e. The predicted octanol–water partition coefficient (Wildman–Crippen LogP) is 3.45. The van der Waals surface area contributed by atoms with Gasteiger partial charge in [-0.1, -0.05) is 28.1 Å². The van der Waals surface area contributed by atoms with E-state index < -0.39 is 10.0 Å². The summed E-state index contributed by atoms with van der Waals surface area (Å²) in [6.45, 7) is 3.79. The lowest BCUT2D eigenvalue weighted by Gasteiger charge is -2.11. The normalized spacial score (nSPS) is 11.3. The molecular formula is C14H15BrN2O2S. The van der Waals surface area contributed by atoms with Crippen molar-refractivity contribution in [2.75, 3.05) is 10.5 Å². The van der Waals surface area contributed by atoms with Crippen LogP contribution in [0.4, 0.5) is 11.4 Å². The molecule has 0 fully saturated rings. The number of rotatable bonds is 3. The van der Waals surface area contributed by atoms with Crippen molar-refractivity contribution < 1.29 is 8.42 Å². The second kappa shape index (κ2) is 5.46. The first-order valence-corrected chi connectivity index (χ1v) is 8.22. The lowest BCUT2D eigenvalue weighted by Crippen LogP contribution is -2.15. The Bertz CT molecular complexity index is 758. The second-order valence-corrected chi connectivity index (χ2v) is 7.12. The molecule has 0 radical (unpaired) electrons.